The number of nitrogens with zero attached hydrogens (tertiary/aromatic N) is 4. The van der Waals surface area contributed by atoms with Crippen LogP contribution in [0.25, 0.3) is 130 Å². The molecular formula is C58H34N4S. The third-order valence-electron chi connectivity index (χ3n) is 13.1. The first-order valence-corrected chi connectivity index (χ1v) is 22.2. The largest absolute Gasteiger partial charge is 0.309 e. The standard InChI is InChI=1S/C58H34N4S/c1-2-14-40-35(12-1)26-30-44-41-15-4-9-21-51(41)62(57(40)44)52-22-11-13-37-32-47-42-16-5-8-20-50(42)61(53(47)34-46(37)52)39-28-24-36(25-29-39)58-59-49-19-7-3-18-45(49)56(60-58)38-27-31-55-48(33-38)43-17-6-10-23-54(43)63-55/h1-34H. The molecule has 10 aromatic carbocycles. The number of rotatable bonds is 4. The molecule has 5 heteroatoms. The molecule has 0 fully saturated rings. The molecule has 0 saturated heterocycles. The van der Waals surface area contributed by atoms with Crippen molar-refractivity contribution in [3.05, 3.63) is 206 Å². The zero-order valence-electron chi connectivity index (χ0n) is 33.8. The fraction of sp³-hybridized carbons (Fsp3) is 0. The molecule has 0 unspecified atom stereocenters. The quantitative estimate of drug-likeness (QED) is 0.177. The lowest BCUT2D eigenvalue weighted by molar-refractivity contribution is 1.17. The van der Waals surface area contributed by atoms with E-state index in [1.165, 1.54) is 85.5 Å². The van der Waals surface area contributed by atoms with Gasteiger partial charge in [-0.05, 0) is 89.6 Å². The normalized spacial score (nSPS) is 12.1. The lowest BCUT2D eigenvalue weighted by atomic mass is 10.0. The van der Waals surface area contributed by atoms with Crippen molar-refractivity contribution < 1.29 is 0 Å². The van der Waals surface area contributed by atoms with Crippen LogP contribution in [0.4, 0.5) is 0 Å². The smallest absolute Gasteiger partial charge is 0.160 e. The van der Waals surface area contributed by atoms with E-state index in [9.17, 15) is 0 Å². The molecule has 0 amide bonds. The molecule has 292 valence electrons. The maximum absolute atomic E-state index is 5.32. The van der Waals surface area contributed by atoms with Gasteiger partial charge in [0.05, 0.1) is 39.0 Å². The minimum absolute atomic E-state index is 0.710. The van der Waals surface area contributed by atoms with E-state index in [2.05, 4.69) is 215 Å². The summed E-state index contributed by atoms with van der Waals surface area (Å²) in [6.07, 6.45) is 0. The molecule has 0 spiro atoms. The van der Waals surface area contributed by atoms with Crippen molar-refractivity contribution >= 4 is 108 Å². The Hall–Kier alpha value is -8.12. The van der Waals surface area contributed by atoms with Gasteiger partial charge in [0.25, 0.3) is 0 Å². The second kappa shape index (κ2) is 13.2. The molecule has 4 heterocycles. The van der Waals surface area contributed by atoms with Gasteiger partial charge < -0.3 is 9.13 Å². The topological polar surface area (TPSA) is 35.6 Å². The van der Waals surface area contributed by atoms with Crippen molar-refractivity contribution in [2.24, 2.45) is 0 Å². The van der Waals surface area contributed by atoms with Crippen LogP contribution in [0.3, 0.4) is 0 Å². The molecule has 0 saturated carbocycles. The third kappa shape index (κ3) is 5.08. The fourth-order valence-electron chi connectivity index (χ4n) is 10.2. The molecule has 0 bridgehead atoms. The first-order chi connectivity index (χ1) is 31.2. The Morgan fingerprint density at radius 3 is 1.87 bits per heavy atom. The van der Waals surface area contributed by atoms with Gasteiger partial charge in [0.2, 0.25) is 0 Å². The predicted molar refractivity (Wildman–Crippen MR) is 267 cm³/mol. The number of thiophene rings is 1. The molecule has 14 rings (SSSR count). The summed E-state index contributed by atoms with van der Waals surface area (Å²) in [5.74, 6) is 0.710. The van der Waals surface area contributed by atoms with Crippen LogP contribution >= 0.6 is 11.3 Å². The van der Waals surface area contributed by atoms with E-state index in [1.807, 2.05) is 11.3 Å². The number of hydrogen-bond donors (Lipinski definition) is 0. The summed E-state index contributed by atoms with van der Waals surface area (Å²) >= 11 is 1.84. The summed E-state index contributed by atoms with van der Waals surface area (Å²) in [6.45, 7) is 0. The molecule has 14 aromatic rings. The predicted octanol–water partition coefficient (Wildman–Crippen LogP) is 15.8. The average molecular weight is 819 g/mol. The highest BCUT2D eigenvalue weighted by molar-refractivity contribution is 7.25. The highest BCUT2D eigenvalue weighted by Crippen LogP contribution is 2.42. The van der Waals surface area contributed by atoms with Gasteiger partial charge in [0.1, 0.15) is 0 Å². The summed E-state index contributed by atoms with van der Waals surface area (Å²) in [5.41, 5.74) is 10.9. The molecule has 0 aliphatic heterocycles. The van der Waals surface area contributed by atoms with E-state index < -0.39 is 0 Å². The van der Waals surface area contributed by atoms with Crippen LogP contribution in [-0.2, 0) is 0 Å². The first-order valence-electron chi connectivity index (χ1n) is 21.4. The Bertz CT molecular complexity index is 4210. The van der Waals surface area contributed by atoms with Gasteiger partial charge in [-0.15, -0.1) is 11.3 Å². The Balaban J connectivity index is 0.950. The molecule has 0 aliphatic rings. The van der Waals surface area contributed by atoms with Gasteiger partial charge in [0.15, 0.2) is 5.82 Å². The zero-order valence-corrected chi connectivity index (χ0v) is 34.6. The molecule has 0 radical (unpaired) electrons. The molecule has 0 atom stereocenters. The van der Waals surface area contributed by atoms with Crippen LogP contribution in [-0.4, -0.2) is 19.1 Å². The number of para-hydroxylation sites is 3. The number of benzene rings is 10. The summed E-state index contributed by atoms with van der Waals surface area (Å²) in [5, 5.41) is 13.4. The Morgan fingerprint density at radius 2 is 1.02 bits per heavy atom. The van der Waals surface area contributed by atoms with Gasteiger partial charge >= 0.3 is 0 Å². The average Bonchev–Trinajstić information content (AvgIpc) is 4.00. The summed E-state index contributed by atoms with van der Waals surface area (Å²) in [6, 6.07) is 75.0. The molecule has 63 heavy (non-hydrogen) atoms. The highest BCUT2D eigenvalue weighted by Gasteiger charge is 2.20. The van der Waals surface area contributed by atoms with E-state index in [-0.39, 0.29) is 0 Å². The lowest BCUT2D eigenvalue weighted by Crippen LogP contribution is -1.98. The maximum Gasteiger partial charge on any atom is 0.160 e. The van der Waals surface area contributed by atoms with Crippen molar-refractivity contribution in [2.45, 2.75) is 0 Å². The second-order valence-corrected chi connectivity index (χ2v) is 17.6. The first kappa shape index (κ1) is 34.6. The Labute approximate surface area is 365 Å². The van der Waals surface area contributed by atoms with Crippen molar-refractivity contribution in [2.75, 3.05) is 0 Å². The van der Waals surface area contributed by atoms with Crippen molar-refractivity contribution in [1.29, 1.82) is 0 Å². The summed E-state index contributed by atoms with van der Waals surface area (Å²) in [7, 11) is 0. The van der Waals surface area contributed by atoms with Crippen molar-refractivity contribution in [3.8, 4) is 34.0 Å². The van der Waals surface area contributed by atoms with Crippen LogP contribution in [0.15, 0.2) is 206 Å². The van der Waals surface area contributed by atoms with Crippen LogP contribution in [0.2, 0.25) is 0 Å². The number of hydrogen-bond acceptors (Lipinski definition) is 3. The molecule has 0 aliphatic carbocycles. The highest BCUT2D eigenvalue weighted by atomic mass is 32.1. The van der Waals surface area contributed by atoms with Crippen LogP contribution in [0.1, 0.15) is 0 Å². The minimum Gasteiger partial charge on any atom is -0.309 e. The van der Waals surface area contributed by atoms with Gasteiger partial charge in [-0.1, -0.05) is 127 Å². The third-order valence-corrected chi connectivity index (χ3v) is 14.2. The van der Waals surface area contributed by atoms with E-state index in [4.69, 9.17) is 9.97 Å². The summed E-state index contributed by atoms with van der Waals surface area (Å²) < 4.78 is 7.48. The number of fused-ring (bicyclic) bond motifs is 13. The zero-order chi connectivity index (χ0) is 41.2. The maximum atomic E-state index is 5.32. The van der Waals surface area contributed by atoms with Crippen molar-refractivity contribution in [1.82, 2.24) is 19.1 Å². The molecular weight excluding hydrogens is 785 g/mol. The second-order valence-electron chi connectivity index (χ2n) is 16.5. The monoisotopic (exact) mass is 818 g/mol. The van der Waals surface area contributed by atoms with Gasteiger partial charge in [0, 0.05) is 74.7 Å². The number of aromatic nitrogens is 4. The van der Waals surface area contributed by atoms with Crippen LogP contribution in [0, 0.1) is 0 Å². The van der Waals surface area contributed by atoms with E-state index in [0.717, 1.165) is 38.9 Å². The van der Waals surface area contributed by atoms with Crippen LogP contribution in [0.5, 0.6) is 0 Å². The van der Waals surface area contributed by atoms with Crippen molar-refractivity contribution in [3.63, 3.8) is 0 Å². The Morgan fingerprint density at radius 1 is 0.349 bits per heavy atom. The molecule has 4 nitrogen and oxygen atoms in total. The summed E-state index contributed by atoms with van der Waals surface area (Å²) in [4.78, 5) is 10.5. The minimum atomic E-state index is 0.710. The Kier molecular flexibility index (Phi) is 7.24. The van der Waals surface area contributed by atoms with Gasteiger partial charge in [-0.2, -0.15) is 0 Å². The van der Waals surface area contributed by atoms with E-state index in [1.54, 1.807) is 0 Å². The van der Waals surface area contributed by atoms with E-state index in [0.29, 0.717) is 5.82 Å². The lowest BCUT2D eigenvalue weighted by Gasteiger charge is -2.14. The SMILES string of the molecule is c1cc(-n2c3ccccc3c3ccc4ccccc4c32)c2cc3c(cc2c1)c1ccccc1n3-c1ccc(-c2nc(-c3ccc4sc5ccccc5c4c3)c3ccccc3n2)cc1. The molecule has 4 aromatic heterocycles. The van der Waals surface area contributed by atoms with Crippen LogP contribution < -0.4 is 0 Å². The molecule has 0 N–H and O–H groups in total. The van der Waals surface area contributed by atoms with Gasteiger partial charge in [-0.25, -0.2) is 9.97 Å². The fourth-order valence-corrected chi connectivity index (χ4v) is 11.3. The van der Waals surface area contributed by atoms with E-state index >= 15 is 0 Å². The van der Waals surface area contributed by atoms with Gasteiger partial charge in [-0.3, -0.25) is 0 Å².